The highest BCUT2D eigenvalue weighted by molar-refractivity contribution is 4.75. The average Bonchev–Trinajstić information content (AvgIpc) is 1.94. The van der Waals surface area contributed by atoms with E-state index in [4.69, 9.17) is 0 Å². The lowest BCUT2D eigenvalue weighted by molar-refractivity contribution is 1.08. The normalized spacial score (nSPS) is 7.33. The Hall–Kier alpha value is -1.12. The molecular weight excluding hydrogens is 116 g/mol. The van der Waals surface area contributed by atoms with E-state index in [1.54, 1.807) is 6.07 Å². The van der Waals surface area contributed by atoms with Crippen LogP contribution in [0.15, 0.2) is 23.3 Å². The van der Waals surface area contributed by atoms with Crippen molar-refractivity contribution in [2.24, 2.45) is 0 Å². The van der Waals surface area contributed by atoms with Gasteiger partial charge in [0.1, 0.15) is 0 Å². The van der Waals surface area contributed by atoms with Gasteiger partial charge in [-0.1, -0.05) is 13.8 Å². The van der Waals surface area contributed by atoms with Gasteiger partial charge in [-0.05, 0) is 6.07 Å². The molecule has 1 aromatic rings. The molecule has 0 aliphatic rings. The zero-order chi connectivity index (χ0) is 7.11. The minimum atomic E-state index is -0.303. The summed E-state index contributed by atoms with van der Waals surface area (Å²) in [5, 5.41) is 0. The van der Waals surface area contributed by atoms with E-state index in [-0.39, 0.29) is 5.69 Å². The van der Waals surface area contributed by atoms with Crippen molar-refractivity contribution in [2.45, 2.75) is 13.8 Å². The summed E-state index contributed by atoms with van der Waals surface area (Å²) in [5.74, 6) is 0. The second-order valence-electron chi connectivity index (χ2n) is 1.09. The van der Waals surface area contributed by atoms with Crippen LogP contribution in [0.2, 0.25) is 0 Å². The van der Waals surface area contributed by atoms with Crippen molar-refractivity contribution in [2.75, 3.05) is 0 Å². The summed E-state index contributed by atoms with van der Waals surface area (Å²) in [6.45, 7) is 4.00. The molecule has 0 bridgehead atoms. The lowest BCUT2D eigenvalue weighted by Crippen LogP contribution is -2.05. The molecule has 3 heteroatoms. The molecule has 50 valence electrons. The van der Waals surface area contributed by atoms with Crippen LogP contribution in [0.25, 0.3) is 0 Å². The van der Waals surface area contributed by atoms with E-state index < -0.39 is 0 Å². The largest absolute Gasteiger partial charge is 0.344 e. The monoisotopic (exact) mass is 126 g/mol. The fraction of sp³-hybridized carbons (Fsp3) is 0.333. The lowest BCUT2D eigenvalue weighted by atomic mass is 10.7. The van der Waals surface area contributed by atoms with Crippen LogP contribution in [0.4, 0.5) is 0 Å². The zero-order valence-electron chi connectivity index (χ0n) is 5.59. The highest BCUT2D eigenvalue weighted by Gasteiger charge is 1.70. The third kappa shape index (κ3) is 3.46. The van der Waals surface area contributed by atoms with Gasteiger partial charge in [0.25, 0.3) is 0 Å². The van der Waals surface area contributed by atoms with E-state index in [0.29, 0.717) is 0 Å². The third-order valence-electron chi connectivity index (χ3n) is 0.581. The smallest absolute Gasteiger partial charge is 0.313 e. The summed E-state index contributed by atoms with van der Waals surface area (Å²) in [7, 11) is 0. The molecule has 0 aromatic carbocycles. The van der Waals surface area contributed by atoms with E-state index >= 15 is 0 Å². The molecule has 0 spiro atoms. The molecule has 1 aromatic heterocycles. The summed E-state index contributed by atoms with van der Waals surface area (Å²) < 4.78 is 0. The Kier molecular flexibility index (Phi) is 4.40. The van der Waals surface area contributed by atoms with Gasteiger partial charge < -0.3 is 4.98 Å². The lowest BCUT2D eigenvalue weighted by Gasteiger charge is -1.72. The first-order chi connectivity index (χ1) is 4.39. The number of hydrogen-bond acceptors (Lipinski definition) is 2. The van der Waals surface area contributed by atoms with Crippen LogP contribution in [0, 0.1) is 0 Å². The van der Waals surface area contributed by atoms with Gasteiger partial charge in [0.15, 0.2) is 0 Å². The van der Waals surface area contributed by atoms with Crippen LogP contribution in [0.3, 0.4) is 0 Å². The van der Waals surface area contributed by atoms with Crippen LogP contribution < -0.4 is 5.69 Å². The summed E-state index contributed by atoms with van der Waals surface area (Å²) in [4.78, 5) is 15.8. The summed E-state index contributed by atoms with van der Waals surface area (Å²) >= 11 is 0. The molecule has 1 heterocycles. The minimum Gasteiger partial charge on any atom is -0.313 e. The standard InChI is InChI=1S/C4H4N2O.C2H6/c7-4-5-2-1-3-6-4;1-2/h1-3H,(H,5,6,7);1-2H3. The molecule has 0 radical (unpaired) electrons. The molecule has 0 amide bonds. The zero-order valence-corrected chi connectivity index (χ0v) is 5.59. The van der Waals surface area contributed by atoms with Crippen molar-refractivity contribution in [3.63, 3.8) is 0 Å². The Balaban J connectivity index is 0.000000291. The Bertz CT molecular complexity index is 177. The van der Waals surface area contributed by atoms with E-state index in [2.05, 4.69) is 9.97 Å². The molecular formula is C6H10N2O. The van der Waals surface area contributed by atoms with Crippen LogP contribution in [0.5, 0.6) is 0 Å². The van der Waals surface area contributed by atoms with Gasteiger partial charge in [-0.25, -0.2) is 9.78 Å². The Labute approximate surface area is 53.8 Å². The maximum atomic E-state index is 10.1. The predicted octanol–water partition coefficient (Wildman–Crippen LogP) is 0.796. The Morgan fingerprint density at radius 1 is 1.56 bits per heavy atom. The number of aromatic nitrogens is 2. The highest BCUT2D eigenvalue weighted by atomic mass is 16.1. The van der Waals surface area contributed by atoms with Gasteiger partial charge in [0.2, 0.25) is 0 Å². The van der Waals surface area contributed by atoms with Crippen molar-refractivity contribution in [1.82, 2.24) is 9.97 Å². The molecule has 0 saturated heterocycles. The minimum absolute atomic E-state index is 0.303. The van der Waals surface area contributed by atoms with Gasteiger partial charge in [-0.3, -0.25) is 0 Å². The molecule has 0 aliphatic heterocycles. The van der Waals surface area contributed by atoms with Crippen molar-refractivity contribution in [3.8, 4) is 0 Å². The number of nitrogens with zero attached hydrogens (tertiary/aromatic N) is 1. The molecule has 1 rings (SSSR count). The van der Waals surface area contributed by atoms with Gasteiger partial charge in [-0.2, -0.15) is 0 Å². The van der Waals surface area contributed by atoms with Crippen LogP contribution >= 0.6 is 0 Å². The first-order valence-electron chi connectivity index (χ1n) is 2.89. The third-order valence-corrected chi connectivity index (χ3v) is 0.581. The predicted molar refractivity (Wildman–Crippen MR) is 36.2 cm³/mol. The van der Waals surface area contributed by atoms with Gasteiger partial charge in [-0.15, -0.1) is 0 Å². The van der Waals surface area contributed by atoms with E-state index in [1.165, 1.54) is 12.4 Å². The first-order valence-corrected chi connectivity index (χ1v) is 2.89. The van der Waals surface area contributed by atoms with Crippen molar-refractivity contribution < 1.29 is 0 Å². The number of hydrogen-bond donors (Lipinski definition) is 1. The second-order valence-corrected chi connectivity index (χ2v) is 1.09. The molecule has 0 unspecified atom stereocenters. The summed E-state index contributed by atoms with van der Waals surface area (Å²) in [6, 6.07) is 1.65. The van der Waals surface area contributed by atoms with Crippen LogP contribution in [0.1, 0.15) is 13.8 Å². The molecule has 0 aliphatic carbocycles. The molecule has 3 nitrogen and oxygen atoms in total. The Morgan fingerprint density at radius 2 is 2.22 bits per heavy atom. The van der Waals surface area contributed by atoms with Crippen molar-refractivity contribution in [1.29, 1.82) is 0 Å². The van der Waals surface area contributed by atoms with Crippen molar-refractivity contribution in [3.05, 3.63) is 28.9 Å². The first kappa shape index (κ1) is 7.88. The van der Waals surface area contributed by atoms with E-state index in [0.717, 1.165) is 0 Å². The molecule has 0 saturated carbocycles. The second kappa shape index (κ2) is 5.03. The maximum absolute atomic E-state index is 10.1. The number of aromatic amines is 1. The van der Waals surface area contributed by atoms with Crippen molar-refractivity contribution >= 4 is 0 Å². The molecule has 0 atom stereocenters. The molecule has 9 heavy (non-hydrogen) atoms. The van der Waals surface area contributed by atoms with Gasteiger partial charge in [0, 0.05) is 12.4 Å². The highest BCUT2D eigenvalue weighted by Crippen LogP contribution is 1.60. The average molecular weight is 126 g/mol. The fourth-order valence-electron chi connectivity index (χ4n) is 0.310. The fourth-order valence-corrected chi connectivity index (χ4v) is 0.310. The summed E-state index contributed by atoms with van der Waals surface area (Å²) in [5.41, 5.74) is -0.303. The number of rotatable bonds is 0. The molecule has 0 fully saturated rings. The molecule has 1 N–H and O–H groups in total. The summed E-state index contributed by atoms with van der Waals surface area (Å²) in [6.07, 6.45) is 2.98. The number of nitrogens with one attached hydrogen (secondary N) is 1. The maximum Gasteiger partial charge on any atom is 0.344 e. The SMILES string of the molecule is CC.O=c1nccc[nH]1. The van der Waals surface area contributed by atoms with Crippen LogP contribution in [-0.4, -0.2) is 9.97 Å². The van der Waals surface area contributed by atoms with Gasteiger partial charge in [0.05, 0.1) is 0 Å². The van der Waals surface area contributed by atoms with E-state index in [1.807, 2.05) is 13.8 Å². The quantitative estimate of drug-likeness (QED) is 0.558. The van der Waals surface area contributed by atoms with Crippen LogP contribution in [-0.2, 0) is 0 Å². The topological polar surface area (TPSA) is 45.8 Å². The number of H-pyrrole nitrogens is 1. The Morgan fingerprint density at radius 3 is 2.44 bits per heavy atom. The van der Waals surface area contributed by atoms with Gasteiger partial charge >= 0.3 is 5.69 Å². The van der Waals surface area contributed by atoms with E-state index in [9.17, 15) is 4.79 Å².